The lowest BCUT2D eigenvalue weighted by Gasteiger charge is -2.09. The molecule has 3 rings (SSSR count). The first kappa shape index (κ1) is 17.1. The number of nitrogens with zero attached hydrogens (tertiary/aromatic N) is 4. The Bertz CT molecular complexity index is 923. The van der Waals surface area contributed by atoms with Gasteiger partial charge in [-0.2, -0.15) is 0 Å². The van der Waals surface area contributed by atoms with Crippen LogP contribution in [0, 0.1) is 10.1 Å². The highest BCUT2D eigenvalue weighted by Gasteiger charge is 2.11. The van der Waals surface area contributed by atoms with Crippen LogP contribution in [-0.2, 0) is 0 Å². The molecule has 8 nitrogen and oxygen atoms in total. The summed E-state index contributed by atoms with van der Waals surface area (Å²) in [5, 5.41) is 13.8. The van der Waals surface area contributed by atoms with Crippen molar-refractivity contribution in [3.05, 3.63) is 68.5 Å². The van der Waals surface area contributed by atoms with Crippen LogP contribution >= 0.6 is 27.5 Å². The van der Waals surface area contributed by atoms with E-state index in [1.807, 2.05) is 0 Å². The molecule has 0 saturated carbocycles. The highest BCUT2D eigenvalue weighted by atomic mass is 79.9. The van der Waals surface area contributed by atoms with Gasteiger partial charge < -0.3 is 10.1 Å². The van der Waals surface area contributed by atoms with E-state index in [2.05, 4.69) is 36.2 Å². The lowest BCUT2D eigenvalue weighted by Crippen LogP contribution is -1.97. The number of ether oxygens (including phenoxy) is 1. The van der Waals surface area contributed by atoms with Crippen LogP contribution in [0.1, 0.15) is 0 Å². The predicted octanol–water partition coefficient (Wildman–Crippen LogP) is 4.73. The van der Waals surface area contributed by atoms with Crippen molar-refractivity contribution in [2.75, 3.05) is 5.32 Å². The van der Waals surface area contributed by atoms with Crippen LogP contribution in [0.3, 0.4) is 0 Å². The molecule has 3 aromatic rings. The van der Waals surface area contributed by atoms with Gasteiger partial charge in [-0.1, -0.05) is 17.7 Å². The standard InChI is InChI=1S/C15H9BrClN5O3/c16-9-6-19-15(20-7-9)25-12-3-1-2-10(4-12)21-14-13(17)5-11(8-18-14)22(23)24/h1-8H,(H,18,21). The Morgan fingerprint density at radius 1 is 1.16 bits per heavy atom. The number of aromatic nitrogens is 3. The molecule has 0 atom stereocenters. The number of benzene rings is 1. The molecule has 0 radical (unpaired) electrons. The van der Waals surface area contributed by atoms with Crippen molar-refractivity contribution < 1.29 is 9.66 Å². The summed E-state index contributed by atoms with van der Waals surface area (Å²) in [7, 11) is 0. The van der Waals surface area contributed by atoms with Gasteiger partial charge in [0.25, 0.3) is 5.69 Å². The van der Waals surface area contributed by atoms with Gasteiger partial charge in [-0.3, -0.25) is 10.1 Å². The smallest absolute Gasteiger partial charge is 0.321 e. The van der Waals surface area contributed by atoms with Crippen molar-refractivity contribution in [1.29, 1.82) is 0 Å². The highest BCUT2D eigenvalue weighted by Crippen LogP contribution is 2.29. The molecule has 126 valence electrons. The second-order valence-corrected chi connectivity index (χ2v) is 6.04. The average Bonchev–Trinajstić information content (AvgIpc) is 2.59. The topological polar surface area (TPSA) is 103 Å². The first-order valence-corrected chi connectivity index (χ1v) is 8.01. The molecule has 1 aromatic carbocycles. The van der Waals surface area contributed by atoms with E-state index in [9.17, 15) is 10.1 Å². The summed E-state index contributed by atoms with van der Waals surface area (Å²) in [5.74, 6) is 0.801. The summed E-state index contributed by atoms with van der Waals surface area (Å²) < 4.78 is 6.31. The molecule has 0 unspecified atom stereocenters. The summed E-state index contributed by atoms with van der Waals surface area (Å²) >= 11 is 9.27. The van der Waals surface area contributed by atoms with E-state index in [4.69, 9.17) is 16.3 Å². The molecule has 0 saturated heterocycles. The van der Waals surface area contributed by atoms with Crippen molar-refractivity contribution in [2.45, 2.75) is 0 Å². The third kappa shape index (κ3) is 4.40. The van der Waals surface area contributed by atoms with E-state index < -0.39 is 4.92 Å². The van der Waals surface area contributed by atoms with Crippen molar-refractivity contribution in [1.82, 2.24) is 15.0 Å². The third-order valence-electron chi connectivity index (χ3n) is 2.94. The Morgan fingerprint density at radius 2 is 1.92 bits per heavy atom. The molecule has 0 spiro atoms. The SMILES string of the molecule is O=[N+]([O-])c1cnc(Nc2cccc(Oc3ncc(Br)cn3)c2)c(Cl)c1. The van der Waals surface area contributed by atoms with Gasteiger partial charge in [0.15, 0.2) is 0 Å². The summed E-state index contributed by atoms with van der Waals surface area (Å²) in [6.45, 7) is 0. The van der Waals surface area contributed by atoms with Gasteiger partial charge in [-0.15, -0.1) is 0 Å². The summed E-state index contributed by atoms with van der Waals surface area (Å²) in [4.78, 5) is 22.2. The van der Waals surface area contributed by atoms with Crippen molar-refractivity contribution >= 4 is 44.7 Å². The fourth-order valence-corrected chi connectivity index (χ4v) is 2.26. The highest BCUT2D eigenvalue weighted by molar-refractivity contribution is 9.10. The average molecular weight is 423 g/mol. The maximum absolute atomic E-state index is 10.7. The van der Waals surface area contributed by atoms with Gasteiger partial charge in [0.1, 0.15) is 17.8 Å². The number of nitro groups is 1. The number of rotatable bonds is 5. The predicted molar refractivity (Wildman–Crippen MR) is 95.4 cm³/mol. The third-order valence-corrected chi connectivity index (χ3v) is 3.64. The zero-order valence-electron chi connectivity index (χ0n) is 12.4. The minimum atomic E-state index is -0.560. The monoisotopic (exact) mass is 421 g/mol. The Morgan fingerprint density at radius 3 is 2.60 bits per heavy atom. The van der Waals surface area contributed by atoms with Crippen LogP contribution in [0.2, 0.25) is 5.02 Å². The Kier molecular flexibility index (Phi) is 5.05. The zero-order valence-corrected chi connectivity index (χ0v) is 14.7. The van der Waals surface area contributed by atoms with Crippen LogP contribution in [0.25, 0.3) is 0 Å². The fraction of sp³-hybridized carbons (Fsp3) is 0. The number of nitrogens with one attached hydrogen (secondary N) is 1. The lowest BCUT2D eigenvalue weighted by atomic mass is 10.3. The molecule has 25 heavy (non-hydrogen) atoms. The number of hydrogen-bond donors (Lipinski definition) is 1. The maximum atomic E-state index is 10.7. The molecule has 0 aliphatic rings. The van der Waals surface area contributed by atoms with E-state index in [0.717, 1.165) is 10.7 Å². The first-order chi connectivity index (χ1) is 12.0. The van der Waals surface area contributed by atoms with Crippen molar-refractivity contribution in [3.8, 4) is 11.8 Å². The van der Waals surface area contributed by atoms with Crippen molar-refractivity contribution in [3.63, 3.8) is 0 Å². The van der Waals surface area contributed by atoms with Crippen molar-refractivity contribution in [2.24, 2.45) is 0 Å². The van der Waals surface area contributed by atoms with Gasteiger partial charge in [0, 0.05) is 30.2 Å². The maximum Gasteiger partial charge on any atom is 0.321 e. The molecule has 0 amide bonds. The van der Waals surface area contributed by atoms with Crippen LogP contribution in [0.4, 0.5) is 17.2 Å². The van der Waals surface area contributed by atoms with Gasteiger partial charge in [0.2, 0.25) is 0 Å². The molecule has 10 heteroatoms. The zero-order chi connectivity index (χ0) is 17.8. The summed E-state index contributed by atoms with van der Waals surface area (Å²) in [6, 6.07) is 8.40. The number of halogens is 2. The molecule has 0 bridgehead atoms. The summed E-state index contributed by atoms with van der Waals surface area (Å²) in [6.07, 6.45) is 4.28. The number of anilines is 2. The Hall–Kier alpha value is -2.78. The van der Waals surface area contributed by atoms with Crippen LogP contribution in [0.5, 0.6) is 11.8 Å². The van der Waals surface area contributed by atoms with Gasteiger partial charge in [0.05, 0.1) is 14.4 Å². The molecule has 0 fully saturated rings. The van der Waals surface area contributed by atoms with Gasteiger partial charge >= 0.3 is 6.01 Å². The quantitative estimate of drug-likeness (QED) is 0.468. The molecule has 0 aliphatic heterocycles. The second kappa shape index (κ2) is 7.41. The van der Waals surface area contributed by atoms with Crippen LogP contribution in [0.15, 0.2) is 53.4 Å². The molecular formula is C15H9BrClN5O3. The minimum absolute atomic E-state index is 0.136. The lowest BCUT2D eigenvalue weighted by molar-refractivity contribution is -0.385. The Labute approximate surface area is 155 Å². The summed E-state index contributed by atoms with van der Waals surface area (Å²) in [5.41, 5.74) is 0.456. The van der Waals surface area contributed by atoms with E-state index in [-0.39, 0.29) is 16.7 Å². The van der Waals surface area contributed by atoms with E-state index in [1.54, 1.807) is 36.7 Å². The second-order valence-electron chi connectivity index (χ2n) is 4.72. The van der Waals surface area contributed by atoms with E-state index >= 15 is 0 Å². The Balaban J connectivity index is 1.77. The number of hydrogen-bond acceptors (Lipinski definition) is 7. The van der Waals surface area contributed by atoms with Crippen LogP contribution in [-0.4, -0.2) is 19.9 Å². The molecule has 2 aromatic heterocycles. The minimum Gasteiger partial charge on any atom is -0.424 e. The van der Waals surface area contributed by atoms with Gasteiger partial charge in [-0.05, 0) is 28.1 Å². The first-order valence-electron chi connectivity index (χ1n) is 6.84. The molecule has 2 heterocycles. The van der Waals surface area contributed by atoms with Crippen LogP contribution < -0.4 is 10.1 Å². The van der Waals surface area contributed by atoms with E-state index in [1.165, 1.54) is 6.07 Å². The normalized spacial score (nSPS) is 10.3. The fourth-order valence-electron chi connectivity index (χ4n) is 1.85. The van der Waals surface area contributed by atoms with E-state index in [0.29, 0.717) is 17.3 Å². The van der Waals surface area contributed by atoms with Gasteiger partial charge in [-0.25, -0.2) is 15.0 Å². The molecule has 0 aliphatic carbocycles. The number of pyridine rings is 1. The molecular weight excluding hydrogens is 414 g/mol. The molecule has 1 N–H and O–H groups in total. The largest absolute Gasteiger partial charge is 0.424 e.